The molecule has 6 nitrogen and oxygen atoms in total. The van der Waals surface area contributed by atoms with E-state index in [2.05, 4.69) is 0 Å². The Morgan fingerprint density at radius 1 is 1.19 bits per heavy atom. The zero-order valence-electron chi connectivity index (χ0n) is 16.9. The highest BCUT2D eigenvalue weighted by Crippen LogP contribution is 2.43. The lowest BCUT2D eigenvalue weighted by molar-refractivity contribution is -0.141. The lowest BCUT2D eigenvalue weighted by Crippen LogP contribution is -2.25. The van der Waals surface area contributed by atoms with Crippen LogP contribution in [0.3, 0.4) is 0 Å². The van der Waals surface area contributed by atoms with E-state index < -0.39 is 18.2 Å². The quantitative estimate of drug-likeness (QED) is 0.421. The second-order valence-corrected chi connectivity index (χ2v) is 8.04. The monoisotopic (exact) mass is 420 g/mol. The zero-order chi connectivity index (χ0) is 21.8. The molecule has 1 aliphatic heterocycles. The first-order chi connectivity index (χ1) is 15.0. The summed E-state index contributed by atoms with van der Waals surface area (Å²) in [5.41, 5.74) is 1.87. The first-order valence-electron chi connectivity index (χ1n) is 10.4. The van der Waals surface area contributed by atoms with Crippen molar-refractivity contribution in [3.05, 3.63) is 83.4 Å². The Morgan fingerprint density at radius 3 is 2.77 bits per heavy atom. The molecule has 31 heavy (non-hydrogen) atoms. The molecule has 1 heterocycles. The van der Waals surface area contributed by atoms with Gasteiger partial charge in [0.15, 0.2) is 0 Å². The molecule has 0 spiro atoms. The predicted molar refractivity (Wildman–Crippen MR) is 112 cm³/mol. The number of carbonyl (C=O) groups excluding carboxylic acids is 3. The van der Waals surface area contributed by atoms with Crippen molar-refractivity contribution in [2.75, 3.05) is 0 Å². The van der Waals surface area contributed by atoms with E-state index in [4.69, 9.17) is 9.47 Å². The molecule has 1 N–H and O–H groups in total. The molecule has 2 aromatic rings. The van der Waals surface area contributed by atoms with Gasteiger partial charge in [0, 0.05) is 30.2 Å². The average molecular weight is 420 g/mol. The zero-order valence-corrected chi connectivity index (χ0v) is 16.9. The molecule has 2 fully saturated rings. The van der Waals surface area contributed by atoms with E-state index in [9.17, 15) is 19.5 Å². The van der Waals surface area contributed by atoms with Crippen molar-refractivity contribution in [1.82, 2.24) is 0 Å². The summed E-state index contributed by atoms with van der Waals surface area (Å²) in [6.45, 7) is 0. The molecule has 0 aromatic heterocycles. The largest absolute Gasteiger partial charge is 0.462 e. The van der Waals surface area contributed by atoms with Gasteiger partial charge in [0.05, 0.1) is 18.1 Å². The van der Waals surface area contributed by atoms with Crippen molar-refractivity contribution < 1.29 is 29.0 Å². The van der Waals surface area contributed by atoms with Crippen LogP contribution < -0.4 is 0 Å². The van der Waals surface area contributed by atoms with Crippen molar-refractivity contribution in [2.45, 2.75) is 37.6 Å². The highest BCUT2D eigenvalue weighted by Gasteiger charge is 2.50. The maximum atomic E-state index is 12.5. The minimum absolute atomic E-state index is 0.0806. The van der Waals surface area contributed by atoms with E-state index in [0.717, 1.165) is 11.8 Å². The van der Waals surface area contributed by atoms with Gasteiger partial charge in [-0.25, -0.2) is 4.79 Å². The molecular weight excluding hydrogens is 396 g/mol. The van der Waals surface area contributed by atoms with Crippen LogP contribution in [-0.2, 0) is 20.7 Å². The van der Waals surface area contributed by atoms with Gasteiger partial charge in [-0.3, -0.25) is 9.59 Å². The number of carbonyl (C=O) groups is 3. The number of fused-ring (bicyclic) bond motifs is 1. The molecule has 1 aliphatic carbocycles. The normalized spacial score (nSPS) is 25.8. The van der Waals surface area contributed by atoms with Gasteiger partial charge in [-0.05, 0) is 23.8 Å². The fraction of sp³-hybridized carbons (Fsp3) is 0.320. The van der Waals surface area contributed by atoms with Crippen LogP contribution in [0, 0.1) is 11.8 Å². The number of aliphatic hydroxyl groups excluding tert-OH is 1. The molecule has 0 unspecified atom stereocenters. The summed E-state index contributed by atoms with van der Waals surface area (Å²) in [5, 5.41) is 10.5. The molecule has 6 heteroatoms. The van der Waals surface area contributed by atoms with Gasteiger partial charge in [-0.1, -0.05) is 48.6 Å². The van der Waals surface area contributed by atoms with Crippen molar-refractivity contribution in [1.29, 1.82) is 0 Å². The van der Waals surface area contributed by atoms with Crippen LogP contribution in [-0.4, -0.2) is 41.6 Å². The number of ether oxygens (including phenoxy) is 2. The van der Waals surface area contributed by atoms with Gasteiger partial charge >= 0.3 is 11.9 Å². The maximum Gasteiger partial charge on any atom is 0.338 e. The Labute approximate surface area is 180 Å². The van der Waals surface area contributed by atoms with Gasteiger partial charge < -0.3 is 14.6 Å². The van der Waals surface area contributed by atoms with E-state index in [0.29, 0.717) is 24.0 Å². The first-order valence-corrected chi connectivity index (χ1v) is 10.4. The van der Waals surface area contributed by atoms with Crippen molar-refractivity contribution in [3.63, 3.8) is 0 Å². The number of hydrogen-bond donors (Lipinski definition) is 1. The molecule has 0 radical (unpaired) electrons. The van der Waals surface area contributed by atoms with Crippen molar-refractivity contribution in [2.24, 2.45) is 11.8 Å². The van der Waals surface area contributed by atoms with E-state index >= 15 is 0 Å². The Balaban J connectivity index is 1.46. The number of hydrogen-bond acceptors (Lipinski definition) is 6. The van der Waals surface area contributed by atoms with Gasteiger partial charge in [0.25, 0.3) is 0 Å². The van der Waals surface area contributed by atoms with Gasteiger partial charge in [-0.2, -0.15) is 0 Å². The molecule has 0 amide bonds. The van der Waals surface area contributed by atoms with Crippen LogP contribution in [0.5, 0.6) is 0 Å². The van der Waals surface area contributed by atoms with Crippen LogP contribution in [0.15, 0.2) is 66.7 Å². The third-order valence-corrected chi connectivity index (χ3v) is 5.91. The van der Waals surface area contributed by atoms with Crippen LogP contribution in [0.2, 0.25) is 0 Å². The van der Waals surface area contributed by atoms with Crippen LogP contribution >= 0.6 is 0 Å². The smallest absolute Gasteiger partial charge is 0.338 e. The Bertz CT molecular complexity index is 983. The Morgan fingerprint density at radius 2 is 2.00 bits per heavy atom. The van der Waals surface area contributed by atoms with E-state index in [1.165, 1.54) is 0 Å². The fourth-order valence-corrected chi connectivity index (χ4v) is 4.43. The number of esters is 2. The van der Waals surface area contributed by atoms with Gasteiger partial charge in [0.1, 0.15) is 18.5 Å². The summed E-state index contributed by atoms with van der Waals surface area (Å²) in [5.74, 6) is -0.961. The fourth-order valence-electron chi connectivity index (χ4n) is 4.43. The number of benzene rings is 2. The molecule has 2 aliphatic rings. The SMILES string of the molecule is O=Cc1cccc(C[C@H](O)/C=C/[C@@H]2[C@H]3CC(=O)O[C@H]3C[C@H]2OC(=O)c2ccccc2)c1. The summed E-state index contributed by atoms with van der Waals surface area (Å²) in [6, 6.07) is 15.8. The third-order valence-electron chi connectivity index (χ3n) is 5.91. The molecule has 1 saturated carbocycles. The molecule has 0 bridgehead atoms. The molecule has 5 atom stereocenters. The molecule has 160 valence electrons. The summed E-state index contributed by atoms with van der Waals surface area (Å²) >= 11 is 0. The second kappa shape index (κ2) is 9.27. The maximum absolute atomic E-state index is 12.5. The highest BCUT2D eigenvalue weighted by atomic mass is 16.6. The van der Waals surface area contributed by atoms with Crippen molar-refractivity contribution in [3.8, 4) is 0 Å². The topological polar surface area (TPSA) is 89.9 Å². The summed E-state index contributed by atoms with van der Waals surface area (Å²) < 4.78 is 11.2. The molecule has 4 rings (SSSR count). The van der Waals surface area contributed by atoms with Crippen LogP contribution in [0.25, 0.3) is 0 Å². The molecular formula is C25H24O6. The van der Waals surface area contributed by atoms with Gasteiger partial charge in [0.2, 0.25) is 0 Å². The average Bonchev–Trinajstić information content (AvgIpc) is 3.28. The second-order valence-electron chi connectivity index (χ2n) is 8.04. The van der Waals surface area contributed by atoms with Crippen molar-refractivity contribution >= 4 is 18.2 Å². The standard InChI is InChI=1S/C25H24O6/c26-15-17-6-4-5-16(11-17)12-19(27)9-10-20-21-13-24(28)30-23(21)14-22(20)31-25(29)18-7-2-1-3-8-18/h1-11,15,19-23,27H,12-14H2/b10-9+/t19-,20-,21-,22-,23+/m1/s1. The van der Waals surface area contributed by atoms with E-state index in [1.807, 2.05) is 18.2 Å². The third kappa shape index (κ3) is 4.91. The molecule has 1 saturated heterocycles. The summed E-state index contributed by atoms with van der Waals surface area (Å²) in [6.07, 6.45) is 3.87. The van der Waals surface area contributed by atoms with E-state index in [-0.39, 0.29) is 30.3 Å². The summed E-state index contributed by atoms with van der Waals surface area (Å²) in [7, 11) is 0. The lowest BCUT2D eigenvalue weighted by atomic mass is 9.91. The first kappa shape index (κ1) is 21.0. The van der Waals surface area contributed by atoms with Crippen LogP contribution in [0.1, 0.15) is 39.1 Å². The molecule has 2 aromatic carbocycles. The predicted octanol–water partition coefficient (Wildman–Crippen LogP) is 3.14. The minimum Gasteiger partial charge on any atom is -0.462 e. The minimum atomic E-state index is -0.774. The Kier molecular flexibility index (Phi) is 6.28. The van der Waals surface area contributed by atoms with Gasteiger partial charge in [-0.15, -0.1) is 0 Å². The number of rotatable bonds is 7. The number of aliphatic hydroxyl groups is 1. The summed E-state index contributed by atoms with van der Waals surface area (Å²) in [4.78, 5) is 35.2. The number of aldehydes is 1. The van der Waals surface area contributed by atoms with Crippen LogP contribution in [0.4, 0.5) is 0 Å². The Hall–Kier alpha value is -3.25. The highest BCUT2D eigenvalue weighted by molar-refractivity contribution is 5.89. The lowest BCUT2D eigenvalue weighted by Gasteiger charge is -2.20. The van der Waals surface area contributed by atoms with E-state index in [1.54, 1.807) is 48.5 Å².